The number of rotatable bonds is 10. The number of aliphatic hydroxyl groups is 1. The van der Waals surface area contributed by atoms with Crippen molar-refractivity contribution in [3.63, 3.8) is 0 Å². The minimum Gasteiger partial charge on any atom is -0.462 e. The third-order valence-corrected chi connectivity index (χ3v) is 11.9. The van der Waals surface area contributed by atoms with Crippen LogP contribution < -0.4 is 0 Å². The van der Waals surface area contributed by atoms with Crippen LogP contribution in [-0.4, -0.2) is 48.1 Å². The summed E-state index contributed by atoms with van der Waals surface area (Å²) in [6, 6.07) is 0. The first-order valence-electron chi connectivity index (χ1n) is 15.3. The van der Waals surface area contributed by atoms with Gasteiger partial charge >= 0.3 is 5.97 Å². The van der Waals surface area contributed by atoms with Crippen LogP contribution in [0.1, 0.15) is 112 Å². The maximum Gasteiger partial charge on any atom is 0.306 e. The van der Waals surface area contributed by atoms with Crippen LogP contribution >= 0.6 is 0 Å². The van der Waals surface area contributed by atoms with Crippen LogP contribution in [0.2, 0.25) is 0 Å². The zero-order valence-corrected chi connectivity index (χ0v) is 24.7. The molecule has 4 aliphatic rings. The van der Waals surface area contributed by atoms with E-state index in [-0.39, 0.29) is 46.7 Å². The van der Waals surface area contributed by atoms with Crippen LogP contribution in [-0.2, 0) is 23.9 Å². The number of carbonyl (C=O) groups excluding carboxylic acids is 3. The van der Waals surface area contributed by atoms with Gasteiger partial charge in [-0.15, -0.1) is 0 Å². The minimum absolute atomic E-state index is 0.0660. The molecule has 0 amide bonds. The molecule has 0 unspecified atom stereocenters. The summed E-state index contributed by atoms with van der Waals surface area (Å²) in [5.41, 5.74) is -0.0260. The summed E-state index contributed by atoms with van der Waals surface area (Å²) in [6.45, 7) is 10.3. The van der Waals surface area contributed by atoms with E-state index in [9.17, 15) is 19.5 Å². The second-order valence-electron chi connectivity index (χ2n) is 14.0. The summed E-state index contributed by atoms with van der Waals surface area (Å²) in [7, 11) is 1.85. The Morgan fingerprint density at radius 3 is 2.32 bits per heavy atom. The van der Waals surface area contributed by atoms with Crippen LogP contribution in [0.25, 0.3) is 0 Å². The average Bonchev–Trinajstić information content (AvgIpc) is 3.21. The van der Waals surface area contributed by atoms with E-state index in [2.05, 4.69) is 20.8 Å². The van der Waals surface area contributed by atoms with Crippen molar-refractivity contribution >= 4 is 17.5 Å². The molecule has 6 heteroatoms. The summed E-state index contributed by atoms with van der Waals surface area (Å²) in [5, 5.41) is 11.8. The van der Waals surface area contributed by atoms with Crippen molar-refractivity contribution < 1.29 is 29.0 Å². The molecule has 0 radical (unpaired) electrons. The lowest BCUT2D eigenvalue weighted by Crippen LogP contribution is -2.62. The molecular formula is C32H52O6. The van der Waals surface area contributed by atoms with E-state index in [4.69, 9.17) is 9.47 Å². The Morgan fingerprint density at radius 1 is 0.947 bits per heavy atom. The van der Waals surface area contributed by atoms with Gasteiger partial charge in [-0.05, 0) is 118 Å². The molecule has 0 spiro atoms. The Morgan fingerprint density at radius 2 is 1.66 bits per heavy atom. The fraction of sp³-hybridized carbons (Fsp3) is 0.906. The topological polar surface area (TPSA) is 89.9 Å². The quantitative estimate of drug-likeness (QED) is 0.352. The van der Waals surface area contributed by atoms with Crippen molar-refractivity contribution in [3.05, 3.63) is 0 Å². The molecule has 4 rings (SSSR count). The molecule has 0 aromatic heterocycles. The van der Waals surface area contributed by atoms with Crippen molar-refractivity contribution in [2.75, 3.05) is 7.11 Å². The van der Waals surface area contributed by atoms with E-state index in [1.54, 1.807) is 13.8 Å². The fourth-order valence-electron chi connectivity index (χ4n) is 9.80. The largest absolute Gasteiger partial charge is 0.462 e. The van der Waals surface area contributed by atoms with Gasteiger partial charge in [0.05, 0.1) is 12.2 Å². The summed E-state index contributed by atoms with van der Waals surface area (Å²) in [6.07, 6.45) is 9.38. The summed E-state index contributed by atoms with van der Waals surface area (Å²) in [5.74, 6) is 2.71. The zero-order chi connectivity index (χ0) is 27.8. The van der Waals surface area contributed by atoms with Gasteiger partial charge in [0, 0.05) is 26.4 Å². The molecule has 0 aromatic rings. The predicted octanol–water partition coefficient (Wildman–Crippen LogP) is 5.92. The standard InChI is InChI=1S/C32H52O6/c1-19(10-11-21(3)34)24-12-13-25-30-26(18-28(35)32(24,25)5)31(4)15-14-23(16-22(31)17-27(30)37-6)38-29(36)9-7-8-20(2)33/h19,22-28,30,35H,7-18H2,1-6H3/t19-,22+,23-,24-,25+,26+,27-,28+,30+,31+,32-/m1/s1. The molecule has 0 heterocycles. The Balaban J connectivity index is 1.48. The number of carbonyl (C=O) groups is 3. The van der Waals surface area contributed by atoms with Crippen molar-refractivity contribution in [3.8, 4) is 0 Å². The highest BCUT2D eigenvalue weighted by Crippen LogP contribution is 2.68. The third kappa shape index (κ3) is 5.50. The minimum atomic E-state index is -0.342. The number of ketones is 2. The van der Waals surface area contributed by atoms with Gasteiger partial charge < -0.3 is 24.2 Å². The lowest BCUT2D eigenvalue weighted by molar-refractivity contribution is -0.214. The van der Waals surface area contributed by atoms with Crippen molar-refractivity contribution in [1.29, 1.82) is 0 Å². The highest BCUT2D eigenvalue weighted by Gasteiger charge is 2.66. The van der Waals surface area contributed by atoms with Gasteiger partial charge in [0.1, 0.15) is 17.7 Å². The lowest BCUT2D eigenvalue weighted by Gasteiger charge is -2.64. The highest BCUT2D eigenvalue weighted by molar-refractivity contribution is 5.76. The fourth-order valence-corrected chi connectivity index (χ4v) is 9.80. The van der Waals surface area contributed by atoms with E-state index in [1.165, 1.54) is 0 Å². The molecule has 38 heavy (non-hydrogen) atoms. The third-order valence-electron chi connectivity index (χ3n) is 11.9. The zero-order valence-electron chi connectivity index (χ0n) is 24.7. The monoisotopic (exact) mass is 532 g/mol. The van der Waals surface area contributed by atoms with Gasteiger partial charge in [-0.3, -0.25) is 4.79 Å². The van der Waals surface area contributed by atoms with E-state index in [0.29, 0.717) is 61.2 Å². The van der Waals surface area contributed by atoms with E-state index in [1.807, 2.05) is 7.11 Å². The van der Waals surface area contributed by atoms with Crippen molar-refractivity contribution in [1.82, 2.24) is 0 Å². The molecule has 1 N–H and O–H groups in total. The van der Waals surface area contributed by atoms with Crippen LogP contribution in [0.15, 0.2) is 0 Å². The number of methoxy groups -OCH3 is 1. The van der Waals surface area contributed by atoms with Gasteiger partial charge in [0.15, 0.2) is 0 Å². The van der Waals surface area contributed by atoms with Gasteiger partial charge in [-0.25, -0.2) is 0 Å². The maximum atomic E-state index is 12.4. The Kier molecular flexibility index (Phi) is 9.13. The lowest BCUT2D eigenvalue weighted by atomic mass is 9.43. The number of Topliss-reactive ketones (excluding diaryl/α,β-unsaturated/α-hetero) is 2. The molecule has 4 aliphatic carbocycles. The molecule has 4 fully saturated rings. The summed E-state index contributed by atoms with van der Waals surface area (Å²) >= 11 is 0. The van der Waals surface area contributed by atoms with Crippen molar-refractivity contribution in [2.45, 2.75) is 130 Å². The maximum absolute atomic E-state index is 12.4. The number of aliphatic hydroxyl groups excluding tert-OH is 1. The number of hydrogen-bond donors (Lipinski definition) is 1. The molecule has 0 bridgehead atoms. The summed E-state index contributed by atoms with van der Waals surface area (Å²) < 4.78 is 12.1. The molecule has 4 saturated carbocycles. The van der Waals surface area contributed by atoms with E-state index < -0.39 is 0 Å². The normalized spacial score (nSPS) is 42.9. The van der Waals surface area contributed by atoms with Crippen LogP contribution in [0, 0.1) is 46.3 Å². The van der Waals surface area contributed by atoms with Crippen LogP contribution in [0.5, 0.6) is 0 Å². The van der Waals surface area contributed by atoms with Gasteiger partial charge in [0.25, 0.3) is 0 Å². The van der Waals surface area contributed by atoms with Gasteiger partial charge in [0.2, 0.25) is 0 Å². The highest BCUT2D eigenvalue weighted by atomic mass is 16.5. The van der Waals surface area contributed by atoms with E-state index in [0.717, 1.165) is 51.4 Å². The first-order chi connectivity index (χ1) is 17.9. The second kappa shape index (κ2) is 11.7. The van der Waals surface area contributed by atoms with Crippen LogP contribution in [0.3, 0.4) is 0 Å². The SMILES string of the molecule is CO[C@@H]1C[C@@H]2C[C@H](OC(=O)CCCC(C)=O)CC[C@]2(C)[C@H]2C[C@H](O)[C@]3(C)[C@@H]([C@H](C)CCC(C)=O)CC[C@H]3[C@H]12. The Bertz CT molecular complexity index is 885. The molecular weight excluding hydrogens is 480 g/mol. The van der Waals surface area contributed by atoms with Gasteiger partial charge in [-0.2, -0.15) is 0 Å². The summed E-state index contributed by atoms with van der Waals surface area (Å²) in [4.78, 5) is 35.3. The molecule has 0 aliphatic heterocycles. The first kappa shape index (κ1) is 29.7. The molecule has 216 valence electrons. The smallest absolute Gasteiger partial charge is 0.306 e. The molecule has 0 aromatic carbocycles. The first-order valence-corrected chi connectivity index (χ1v) is 15.3. The Labute approximate surface area is 230 Å². The number of ether oxygens (including phenoxy) is 2. The van der Waals surface area contributed by atoms with E-state index >= 15 is 0 Å². The average molecular weight is 533 g/mol. The number of esters is 1. The second-order valence-corrected chi connectivity index (χ2v) is 14.0. The molecule has 0 saturated heterocycles. The molecule has 6 nitrogen and oxygen atoms in total. The predicted molar refractivity (Wildman–Crippen MR) is 146 cm³/mol. The van der Waals surface area contributed by atoms with Crippen LogP contribution in [0.4, 0.5) is 0 Å². The number of fused-ring (bicyclic) bond motifs is 5. The Hall–Kier alpha value is -1.27. The molecule has 11 atom stereocenters. The number of hydrogen-bond acceptors (Lipinski definition) is 6. The van der Waals surface area contributed by atoms with Crippen molar-refractivity contribution in [2.24, 2.45) is 46.3 Å². The van der Waals surface area contributed by atoms with Gasteiger partial charge in [-0.1, -0.05) is 20.8 Å².